The van der Waals surface area contributed by atoms with Crippen molar-refractivity contribution in [3.8, 4) is 16.9 Å². The molecular weight excluding hydrogens is 333 g/mol. The van der Waals surface area contributed by atoms with Crippen LogP contribution in [0.3, 0.4) is 0 Å². The van der Waals surface area contributed by atoms with Gasteiger partial charge < -0.3 is 9.14 Å². The smallest absolute Gasteiger partial charge is 0.167 e. The Bertz CT molecular complexity index is 900. The molecule has 5 heteroatoms. The molecule has 0 N–H and O–H groups in total. The Morgan fingerprint density at radius 2 is 1.96 bits per heavy atom. The first-order chi connectivity index (χ1) is 11.0. The summed E-state index contributed by atoms with van der Waals surface area (Å²) < 4.78 is 7.54. The van der Waals surface area contributed by atoms with Crippen LogP contribution in [-0.4, -0.2) is 17.3 Å². The number of nitrogens with zero attached hydrogens (tertiary/aromatic N) is 1. The number of halogens is 2. The predicted octanol–water partition coefficient (Wildman–Crippen LogP) is 5.43. The first-order valence-corrected chi connectivity index (χ1v) is 7.99. The summed E-state index contributed by atoms with van der Waals surface area (Å²) in [5.41, 5.74) is 4.00. The van der Waals surface area contributed by atoms with Crippen LogP contribution < -0.4 is 4.74 Å². The maximum Gasteiger partial charge on any atom is 0.167 e. The molecule has 2 aromatic heterocycles. The van der Waals surface area contributed by atoms with Gasteiger partial charge in [0.05, 0.1) is 17.3 Å². The van der Waals surface area contributed by atoms with Crippen LogP contribution in [0.2, 0.25) is 10.0 Å². The van der Waals surface area contributed by atoms with Gasteiger partial charge in [-0.2, -0.15) is 0 Å². The van der Waals surface area contributed by atoms with Crippen LogP contribution in [0.25, 0.3) is 16.6 Å². The lowest BCUT2D eigenvalue weighted by Crippen LogP contribution is -1.97. The van der Waals surface area contributed by atoms with Crippen LogP contribution in [0.15, 0.2) is 36.5 Å². The molecule has 0 unspecified atom stereocenters. The summed E-state index contributed by atoms with van der Waals surface area (Å²) in [5, 5.41) is 0.925. The maximum atomic E-state index is 11.7. The average molecular weight is 348 g/mol. The normalized spacial score (nSPS) is 11.0. The van der Waals surface area contributed by atoms with Crippen molar-refractivity contribution in [1.29, 1.82) is 0 Å². The molecule has 0 radical (unpaired) electrons. The van der Waals surface area contributed by atoms with Crippen molar-refractivity contribution in [1.82, 2.24) is 4.40 Å². The summed E-state index contributed by atoms with van der Waals surface area (Å²) in [6.45, 7) is 4.34. The molecule has 0 aliphatic heterocycles. The number of rotatable bonds is 4. The maximum absolute atomic E-state index is 11.7. The molecule has 0 bridgehead atoms. The lowest BCUT2D eigenvalue weighted by Gasteiger charge is -2.12. The van der Waals surface area contributed by atoms with Crippen molar-refractivity contribution in [3.63, 3.8) is 0 Å². The Morgan fingerprint density at radius 1 is 1.17 bits per heavy atom. The molecule has 3 rings (SSSR count). The number of ether oxygens (including phenoxy) is 1. The summed E-state index contributed by atoms with van der Waals surface area (Å²) in [7, 11) is 0. The van der Waals surface area contributed by atoms with Crippen LogP contribution in [0, 0.1) is 6.92 Å². The second-order valence-corrected chi connectivity index (χ2v) is 6.10. The van der Waals surface area contributed by atoms with E-state index >= 15 is 0 Å². The molecule has 0 atom stereocenters. The number of fused-ring (bicyclic) bond motifs is 1. The molecule has 0 spiro atoms. The summed E-state index contributed by atoms with van der Waals surface area (Å²) in [5.74, 6) is 0.536. The van der Waals surface area contributed by atoms with E-state index in [0.717, 1.165) is 22.9 Å². The Balaban J connectivity index is 2.34. The highest BCUT2D eigenvalue weighted by Gasteiger charge is 2.18. The fourth-order valence-electron chi connectivity index (χ4n) is 2.68. The van der Waals surface area contributed by atoms with Crippen molar-refractivity contribution >= 4 is 35.0 Å². The van der Waals surface area contributed by atoms with Gasteiger partial charge in [-0.1, -0.05) is 29.3 Å². The zero-order chi connectivity index (χ0) is 16.6. The standard InChI is InChI=1S/C18H15Cl2NO2/c1-3-23-18-15(6-12(19)7-16(18)20)14-8-13-5-4-11(2)9-21(13)17(14)10-22/h4-10H,3H2,1-2H3. The number of hydrogen-bond donors (Lipinski definition) is 0. The molecule has 1 aromatic carbocycles. The van der Waals surface area contributed by atoms with Crippen LogP contribution in [0.1, 0.15) is 23.0 Å². The molecule has 0 amide bonds. The molecule has 3 nitrogen and oxygen atoms in total. The van der Waals surface area contributed by atoms with E-state index in [4.69, 9.17) is 27.9 Å². The van der Waals surface area contributed by atoms with Gasteiger partial charge in [0.1, 0.15) is 5.75 Å². The third-order valence-corrected chi connectivity index (χ3v) is 4.15. The van der Waals surface area contributed by atoms with Gasteiger partial charge in [0.25, 0.3) is 0 Å². The number of pyridine rings is 1. The van der Waals surface area contributed by atoms with E-state index in [2.05, 4.69) is 0 Å². The van der Waals surface area contributed by atoms with E-state index in [1.54, 1.807) is 12.1 Å². The fraction of sp³-hybridized carbons (Fsp3) is 0.167. The predicted molar refractivity (Wildman–Crippen MR) is 94.1 cm³/mol. The quantitative estimate of drug-likeness (QED) is 0.589. The summed E-state index contributed by atoms with van der Waals surface area (Å²) >= 11 is 12.4. The topological polar surface area (TPSA) is 30.7 Å². The van der Waals surface area contributed by atoms with Gasteiger partial charge in [0, 0.05) is 27.9 Å². The lowest BCUT2D eigenvalue weighted by atomic mass is 10.0. The summed E-state index contributed by atoms with van der Waals surface area (Å²) in [6, 6.07) is 9.32. The van der Waals surface area contributed by atoms with Gasteiger partial charge in [-0.3, -0.25) is 4.79 Å². The largest absolute Gasteiger partial charge is 0.492 e. The van der Waals surface area contributed by atoms with Crippen molar-refractivity contribution in [2.45, 2.75) is 13.8 Å². The Morgan fingerprint density at radius 3 is 2.65 bits per heavy atom. The van der Waals surface area contributed by atoms with Gasteiger partial charge in [-0.05, 0) is 43.7 Å². The molecule has 0 saturated carbocycles. The highest BCUT2D eigenvalue weighted by atomic mass is 35.5. The molecule has 0 aliphatic carbocycles. The van der Waals surface area contributed by atoms with E-state index in [1.807, 2.05) is 42.6 Å². The van der Waals surface area contributed by atoms with Crippen molar-refractivity contribution < 1.29 is 9.53 Å². The highest BCUT2D eigenvalue weighted by Crippen LogP contribution is 2.41. The highest BCUT2D eigenvalue weighted by molar-refractivity contribution is 6.36. The van der Waals surface area contributed by atoms with Crippen LogP contribution in [0.4, 0.5) is 0 Å². The van der Waals surface area contributed by atoms with E-state index in [0.29, 0.717) is 33.7 Å². The Labute approximate surface area is 144 Å². The Kier molecular flexibility index (Phi) is 4.33. The van der Waals surface area contributed by atoms with Crippen LogP contribution in [-0.2, 0) is 0 Å². The number of carbonyl (C=O) groups is 1. The van der Waals surface area contributed by atoms with Gasteiger partial charge in [0.15, 0.2) is 6.29 Å². The van der Waals surface area contributed by atoms with Crippen molar-refractivity contribution in [3.05, 3.63) is 57.8 Å². The minimum atomic E-state index is 0.428. The molecular formula is C18H15Cl2NO2. The molecule has 2 heterocycles. The lowest BCUT2D eigenvalue weighted by molar-refractivity contribution is 0.111. The molecule has 0 fully saturated rings. The van der Waals surface area contributed by atoms with E-state index in [1.165, 1.54) is 0 Å². The fourth-order valence-corrected chi connectivity index (χ4v) is 3.23. The summed E-state index contributed by atoms with van der Waals surface area (Å²) in [4.78, 5) is 11.7. The SMILES string of the molecule is CCOc1c(Cl)cc(Cl)cc1-c1cc2ccc(C)cn2c1C=O. The molecule has 23 heavy (non-hydrogen) atoms. The number of aryl methyl sites for hydroxylation is 1. The van der Waals surface area contributed by atoms with E-state index in [9.17, 15) is 4.79 Å². The second kappa shape index (κ2) is 6.26. The van der Waals surface area contributed by atoms with Crippen LogP contribution in [0.5, 0.6) is 5.75 Å². The molecule has 0 aliphatic rings. The third-order valence-electron chi connectivity index (χ3n) is 3.65. The van der Waals surface area contributed by atoms with Crippen molar-refractivity contribution in [2.75, 3.05) is 6.61 Å². The zero-order valence-corrected chi connectivity index (χ0v) is 14.3. The average Bonchev–Trinajstić information content (AvgIpc) is 2.87. The number of hydrogen-bond acceptors (Lipinski definition) is 2. The van der Waals surface area contributed by atoms with Crippen LogP contribution >= 0.6 is 23.2 Å². The first kappa shape index (κ1) is 15.9. The number of aldehydes is 1. The zero-order valence-electron chi connectivity index (χ0n) is 12.8. The molecule has 0 saturated heterocycles. The van der Waals surface area contributed by atoms with E-state index < -0.39 is 0 Å². The molecule has 118 valence electrons. The molecule has 3 aromatic rings. The van der Waals surface area contributed by atoms with Gasteiger partial charge in [-0.15, -0.1) is 0 Å². The Hall–Kier alpha value is -1.97. The number of aromatic nitrogens is 1. The van der Waals surface area contributed by atoms with Gasteiger partial charge in [-0.25, -0.2) is 0 Å². The first-order valence-electron chi connectivity index (χ1n) is 7.24. The second-order valence-electron chi connectivity index (χ2n) is 5.26. The summed E-state index contributed by atoms with van der Waals surface area (Å²) in [6.07, 6.45) is 2.77. The van der Waals surface area contributed by atoms with E-state index in [-0.39, 0.29) is 0 Å². The van der Waals surface area contributed by atoms with Gasteiger partial charge >= 0.3 is 0 Å². The van der Waals surface area contributed by atoms with Gasteiger partial charge in [0.2, 0.25) is 0 Å². The minimum Gasteiger partial charge on any atom is -0.492 e. The number of benzene rings is 1. The third kappa shape index (κ3) is 2.82. The van der Waals surface area contributed by atoms with Crippen molar-refractivity contribution in [2.24, 2.45) is 0 Å². The monoisotopic (exact) mass is 347 g/mol. The number of carbonyl (C=O) groups excluding carboxylic acids is 1. The minimum absolute atomic E-state index is 0.428.